The number of anilines is 2. The lowest BCUT2D eigenvalue weighted by Crippen LogP contribution is -2.61. The monoisotopic (exact) mass is 722 g/mol. The highest BCUT2D eigenvalue weighted by Crippen LogP contribution is 2.30. The largest absolute Gasteiger partial charge is 0.481 e. The van der Waals surface area contributed by atoms with Crippen LogP contribution in [0.4, 0.5) is 16.4 Å². The third kappa shape index (κ3) is 9.02. The number of carboxylic acids is 1. The minimum atomic E-state index is -3.93. The molecule has 0 radical (unpaired) electrons. The molecular formula is C30H32Cl2N6O9S. The van der Waals surface area contributed by atoms with Gasteiger partial charge in [0.1, 0.15) is 11.6 Å². The number of benzene rings is 1. The number of hydrogen-bond acceptors (Lipinski definition) is 12. The second-order valence-electron chi connectivity index (χ2n) is 10.4. The fourth-order valence-corrected chi connectivity index (χ4v) is 6.03. The molecule has 0 saturated carbocycles. The van der Waals surface area contributed by atoms with Crippen LogP contribution in [0.2, 0.25) is 10.0 Å². The molecular weight excluding hydrogens is 691 g/mol. The Labute approximate surface area is 286 Å². The number of ether oxygens (including phenoxy) is 2. The SMILES string of the molecule is CCOC(=O)c1cnc(N2CC(C(=O)O)C2)c(Cl)c1.CCOC(=O)c1cnc(N2CC(NC(=O)NS(=O)(=O)c3ccccc3)C2)c(Cl)c1. The number of pyridine rings is 2. The fourth-order valence-electron chi connectivity index (χ4n) is 4.52. The minimum Gasteiger partial charge on any atom is -0.481 e. The third-order valence-corrected chi connectivity index (χ3v) is 8.90. The van der Waals surface area contributed by atoms with E-state index in [4.69, 9.17) is 37.8 Å². The Hall–Kier alpha value is -4.67. The van der Waals surface area contributed by atoms with Crippen LogP contribution < -0.4 is 19.8 Å². The zero-order valence-electron chi connectivity index (χ0n) is 25.8. The number of amides is 2. The average molecular weight is 724 g/mol. The molecule has 15 nitrogen and oxygen atoms in total. The normalized spacial score (nSPS) is 14.4. The molecule has 0 aliphatic carbocycles. The average Bonchev–Trinajstić information content (AvgIpc) is 2.99. The molecule has 2 fully saturated rings. The van der Waals surface area contributed by atoms with Crippen LogP contribution in [-0.4, -0.2) is 92.9 Å². The van der Waals surface area contributed by atoms with Crippen LogP contribution in [0, 0.1) is 5.92 Å². The Kier molecular flexibility index (Phi) is 12.0. The molecule has 5 rings (SSSR count). The van der Waals surface area contributed by atoms with Crippen molar-refractivity contribution in [1.82, 2.24) is 20.0 Å². The van der Waals surface area contributed by atoms with E-state index in [1.54, 1.807) is 41.8 Å². The molecule has 0 bridgehead atoms. The highest BCUT2D eigenvalue weighted by atomic mass is 35.5. The summed E-state index contributed by atoms with van der Waals surface area (Å²) < 4.78 is 36.0. The van der Waals surface area contributed by atoms with E-state index in [0.29, 0.717) is 42.8 Å². The first-order valence-electron chi connectivity index (χ1n) is 14.6. The number of esters is 2. The number of aliphatic carboxylic acids is 1. The van der Waals surface area contributed by atoms with Crippen molar-refractivity contribution in [2.45, 2.75) is 24.8 Å². The maximum absolute atomic E-state index is 12.1. The van der Waals surface area contributed by atoms with Gasteiger partial charge in [-0.2, -0.15) is 0 Å². The lowest BCUT2D eigenvalue weighted by atomic mass is 10.0. The summed E-state index contributed by atoms with van der Waals surface area (Å²) in [6.45, 7) is 5.49. The van der Waals surface area contributed by atoms with Crippen LogP contribution in [0.5, 0.6) is 0 Å². The van der Waals surface area contributed by atoms with Gasteiger partial charge in [-0.1, -0.05) is 41.4 Å². The summed E-state index contributed by atoms with van der Waals surface area (Å²) in [5.41, 5.74) is 0.534. The van der Waals surface area contributed by atoms with E-state index in [0.717, 1.165) is 0 Å². The molecule has 4 heterocycles. The van der Waals surface area contributed by atoms with Crippen molar-refractivity contribution in [2.75, 3.05) is 49.2 Å². The number of nitrogens with one attached hydrogen (secondary N) is 2. The lowest BCUT2D eigenvalue weighted by Gasteiger charge is -2.40. The maximum atomic E-state index is 12.1. The molecule has 256 valence electrons. The first-order chi connectivity index (χ1) is 22.8. The van der Waals surface area contributed by atoms with E-state index in [2.05, 4.69) is 15.3 Å². The predicted molar refractivity (Wildman–Crippen MR) is 175 cm³/mol. The van der Waals surface area contributed by atoms with Crippen LogP contribution in [-0.2, 0) is 24.3 Å². The molecule has 3 N–H and O–H groups in total. The van der Waals surface area contributed by atoms with E-state index >= 15 is 0 Å². The highest BCUT2D eigenvalue weighted by molar-refractivity contribution is 7.90. The van der Waals surface area contributed by atoms with Crippen molar-refractivity contribution in [3.8, 4) is 0 Å². The summed E-state index contributed by atoms with van der Waals surface area (Å²) in [6, 6.07) is 9.49. The lowest BCUT2D eigenvalue weighted by molar-refractivity contribution is -0.142. The fraction of sp³-hybridized carbons (Fsp3) is 0.333. The molecule has 0 spiro atoms. The van der Waals surface area contributed by atoms with Crippen LogP contribution in [0.25, 0.3) is 0 Å². The van der Waals surface area contributed by atoms with Crippen molar-refractivity contribution in [1.29, 1.82) is 0 Å². The minimum absolute atomic E-state index is 0.00283. The molecule has 0 atom stereocenters. The molecule has 2 aliphatic rings. The second-order valence-corrected chi connectivity index (χ2v) is 12.9. The van der Waals surface area contributed by atoms with Gasteiger partial charge in [-0.05, 0) is 38.1 Å². The van der Waals surface area contributed by atoms with Crippen molar-refractivity contribution >= 4 is 68.8 Å². The van der Waals surface area contributed by atoms with E-state index in [1.165, 1.54) is 36.7 Å². The molecule has 0 unspecified atom stereocenters. The van der Waals surface area contributed by atoms with Crippen molar-refractivity contribution < 1.29 is 42.2 Å². The second kappa shape index (κ2) is 16.0. The van der Waals surface area contributed by atoms with Crippen molar-refractivity contribution in [3.05, 3.63) is 76.0 Å². The van der Waals surface area contributed by atoms with E-state index in [9.17, 15) is 27.6 Å². The van der Waals surface area contributed by atoms with E-state index < -0.39 is 34.0 Å². The van der Waals surface area contributed by atoms with Crippen LogP contribution >= 0.6 is 23.2 Å². The van der Waals surface area contributed by atoms with Gasteiger partial charge >= 0.3 is 23.9 Å². The molecule has 2 amide bonds. The standard InChI is InChI=1S/C18H19ClN4O5S.C12H13ClN2O4/c1-2-28-17(24)12-8-15(19)16(20-9-12)23-10-13(11-23)21-18(25)22-29(26,27)14-6-4-3-5-7-14;1-2-19-12(18)7-3-9(13)10(14-4-7)15-5-8(6-15)11(16)17/h3-9,13H,2,10-11H2,1H3,(H2,21,22,25);3-4,8H,2,5-6H2,1H3,(H,16,17). The third-order valence-electron chi connectivity index (χ3n) is 6.99. The summed E-state index contributed by atoms with van der Waals surface area (Å²) in [4.78, 5) is 57.8. The topological polar surface area (TPSA) is 197 Å². The molecule has 2 aliphatic heterocycles. The van der Waals surface area contributed by atoms with Gasteiger partial charge < -0.3 is 29.7 Å². The van der Waals surface area contributed by atoms with Crippen LogP contribution in [0.1, 0.15) is 34.6 Å². The van der Waals surface area contributed by atoms with Gasteiger partial charge in [0, 0.05) is 38.6 Å². The maximum Gasteiger partial charge on any atom is 0.339 e. The molecule has 3 aromatic rings. The molecule has 18 heteroatoms. The Morgan fingerprint density at radius 2 is 1.33 bits per heavy atom. The smallest absolute Gasteiger partial charge is 0.339 e. The van der Waals surface area contributed by atoms with Gasteiger partial charge in [0.05, 0.1) is 51.2 Å². The number of nitrogens with zero attached hydrogens (tertiary/aromatic N) is 4. The zero-order chi connectivity index (χ0) is 35.0. The number of carbonyl (C=O) groups excluding carboxylic acids is 3. The Bertz CT molecular complexity index is 1770. The first-order valence-corrected chi connectivity index (χ1v) is 16.8. The quantitative estimate of drug-likeness (QED) is 0.258. The number of urea groups is 1. The summed E-state index contributed by atoms with van der Waals surface area (Å²) in [7, 11) is -3.93. The highest BCUT2D eigenvalue weighted by Gasteiger charge is 2.35. The number of aromatic nitrogens is 2. The number of carbonyl (C=O) groups is 4. The Morgan fingerprint density at radius 1 is 0.854 bits per heavy atom. The van der Waals surface area contributed by atoms with Gasteiger partial charge in [-0.15, -0.1) is 0 Å². The van der Waals surface area contributed by atoms with E-state index in [1.807, 2.05) is 4.72 Å². The number of sulfonamides is 1. The molecule has 2 aromatic heterocycles. The number of halogens is 2. The Balaban J connectivity index is 0.000000237. The van der Waals surface area contributed by atoms with Gasteiger partial charge in [-0.25, -0.2) is 37.5 Å². The molecule has 48 heavy (non-hydrogen) atoms. The number of rotatable bonds is 10. The number of carboxylic acid groups (broad SMARTS) is 1. The predicted octanol–water partition coefficient (Wildman–Crippen LogP) is 3.22. The van der Waals surface area contributed by atoms with Gasteiger partial charge in [0.25, 0.3) is 10.0 Å². The van der Waals surface area contributed by atoms with Crippen molar-refractivity contribution in [3.63, 3.8) is 0 Å². The van der Waals surface area contributed by atoms with Gasteiger partial charge in [0.15, 0.2) is 0 Å². The van der Waals surface area contributed by atoms with Crippen molar-refractivity contribution in [2.24, 2.45) is 5.92 Å². The molecule has 2 saturated heterocycles. The number of hydrogen-bond donors (Lipinski definition) is 3. The zero-order valence-corrected chi connectivity index (χ0v) is 28.1. The van der Waals surface area contributed by atoms with Gasteiger partial charge in [-0.3, -0.25) is 4.79 Å². The summed E-state index contributed by atoms with van der Waals surface area (Å²) in [5.74, 6) is -1.23. The first kappa shape index (κ1) is 36.2. The molecule has 1 aromatic carbocycles. The summed E-state index contributed by atoms with van der Waals surface area (Å²) >= 11 is 12.2. The van der Waals surface area contributed by atoms with Crippen LogP contribution in [0.15, 0.2) is 59.8 Å². The summed E-state index contributed by atoms with van der Waals surface area (Å²) in [6.07, 6.45) is 2.76. The summed E-state index contributed by atoms with van der Waals surface area (Å²) in [5, 5.41) is 12.0. The Morgan fingerprint density at radius 3 is 1.77 bits per heavy atom. The van der Waals surface area contributed by atoms with Crippen LogP contribution in [0.3, 0.4) is 0 Å². The van der Waals surface area contributed by atoms with Gasteiger partial charge in [0.2, 0.25) is 0 Å². The van der Waals surface area contributed by atoms with E-state index in [-0.39, 0.29) is 46.2 Å².